The summed E-state index contributed by atoms with van der Waals surface area (Å²) in [6.07, 6.45) is 1.12. The van der Waals surface area contributed by atoms with E-state index in [1.165, 1.54) is 18.7 Å². The highest BCUT2D eigenvalue weighted by Gasteiger charge is 2.43. The predicted molar refractivity (Wildman–Crippen MR) is 98.0 cm³/mol. The lowest BCUT2D eigenvalue weighted by Gasteiger charge is -2.25. The van der Waals surface area contributed by atoms with Crippen LogP contribution in [0.2, 0.25) is 0 Å². The first kappa shape index (κ1) is 20.0. The molecular formula is C18H22N2O5S. The van der Waals surface area contributed by atoms with Crippen LogP contribution in [0.5, 0.6) is 0 Å². The molecule has 8 heteroatoms. The Morgan fingerprint density at radius 2 is 1.77 bits per heavy atom. The van der Waals surface area contributed by atoms with Crippen molar-refractivity contribution < 1.29 is 23.9 Å². The van der Waals surface area contributed by atoms with Crippen molar-refractivity contribution in [2.75, 3.05) is 18.6 Å². The number of carbonyl (C=O) groups is 4. The van der Waals surface area contributed by atoms with Crippen LogP contribution in [0, 0.1) is 0 Å². The molecule has 0 saturated carbocycles. The van der Waals surface area contributed by atoms with Gasteiger partial charge >= 0.3 is 5.97 Å². The van der Waals surface area contributed by atoms with Crippen LogP contribution in [0.3, 0.4) is 0 Å². The zero-order valence-corrected chi connectivity index (χ0v) is 15.8. The minimum atomic E-state index is -1.06. The molecule has 0 saturated heterocycles. The molecule has 2 rings (SSSR count). The number of ether oxygens (including phenoxy) is 1. The van der Waals surface area contributed by atoms with Crippen molar-refractivity contribution in [1.82, 2.24) is 10.2 Å². The Balaban J connectivity index is 2.22. The van der Waals surface area contributed by atoms with Crippen LogP contribution >= 0.6 is 11.8 Å². The van der Waals surface area contributed by atoms with E-state index in [-0.39, 0.29) is 17.5 Å². The molecule has 3 amide bonds. The number of imide groups is 1. The standard InChI is InChI=1S/C18H22N2O5S/c1-4-19-15(21)11(2)25-18(24)14(9-10-26-3)20-16(22)12-7-5-6-8-13(12)17(20)23/h5-8,11,14H,4,9-10H2,1-3H3,(H,19,21)/t11-,14+/m1/s1. The van der Waals surface area contributed by atoms with E-state index in [2.05, 4.69) is 5.32 Å². The molecule has 1 aromatic carbocycles. The minimum absolute atomic E-state index is 0.258. The molecule has 1 aromatic rings. The molecule has 140 valence electrons. The Labute approximate surface area is 156 Å². The van der Waals surface area contributed by atoms with Gasteiger partial charge in [-0.05, 0) is 44.4 Å². The molecule has 7 nitrogen and oxygen atoms in total. The summed E-state index contributed by atoms with van der Waals surface area (Å²) in [5.74, 6) is -1.65. The minimum Gasteiger partial charge on any atom is -0.451 e. The molecule has 1 aliphatic rings. The first-order valence-corrected chi connectivity index (χ1v) is 9.75. The van der Waals surface area contributed by atoms with E-state index in [9.17, 15) is 19.2 Å². The van der Waals surface area contributed by atoms with Crippen LogP contribution in [-0.2, 0) is 14.3 Å². The van der Waals surface area contributed by atoms with Crippen molar-refractivity contribution in [1.29, 1.82) is 0 Å². The van der Waals surface area contributed by atoms with Gasteiger partial charge < -0.3 is 10.1 Å². The average molecular weight is 378 g/mol. The Kier molecular flexibility index (Phi) is 6.79. The first-order chi connectivity index (χ1) is 12.4. The highest BCUT2D eigenvalue weighted by atomic mass is 32.2. The SMILES string of the molecule is CCNC(=O)[C@@H](C)OC(=O)[C@H](CCSC)N1C(=O)c2ccccc2C1=O. The summed E-state index contributed by atoms with van der Waals surface area (Å²) < 4.78 is 5.23. The lowest BCUT2D eigenvalue weighted by Crippen LogP contribution is -2.48. The highest BCUT2D eigenvalue weighted by Crippen LogP contribution is 2.26. The fraction of sp³-hybridized carbons (Fsp3) is 0.444. The van der Waals surface area contributed by atoms with Gasteiger partial charge in [-0.3, -0.25) is 19.3 Å². The average Bonchev–Trinajstić information content (AvgIpc) is 2.87. The lowest BCUT2D eigenvalue weighted by atomic mass is 10.1. The van der Waals surface area contributed by atoms with Gasteiger partial charge in [-0.2, -0.15) is 11.8 Å². The molecule has 1 heterocycles. The Hall–Kier alpha value is -2.35. The second-order valence-electron chi connectivity index (χ2n) is 5.80. The van der Waals surface area contributed by atoms with E-state index in [4.69, 9.17) is 4.74 Å². The van der Waals surface area contributed by atoms with Gasteiger partial charge in [-0.25, -0.2) is 4.79 Å². The summed E-state index contributed by atoms with van der Waals surface area (Å²) in [7, 11) is 0. The van der Waals surface area contributed by atoms with Gasteiger partial charge in [-0.15, -0.1) is 0 Å². The van der Waals surface area contributed by atoms with Crippen molar-refractivity contribution in [3.8, 4) is 0 Å². The van der Waals surface area contributed by atoms with E-state index in [0.717, 1.165) is 4.90 Å². The molecule has 0 radical (unpaired) electrons. The smallest absolute Gasteiger partial charge is 0.330 e. The Morgan fingerprint density at radius 3 is 2.27 bits per heavy atom. The van der Waals surface area contributed by atoms with Crippen molar-refractivity contribution in [2.45, 2.75) is 32.4 Å². The van der Waals surface area contributed by atoms with Crippen molar-refractivity contribution >= 4 is 35.5 Å². The number of nitrogens with one attached hydrogen (secondary N) is 1. The number of thioether (sulfide) groups is 1. The molecule has 2 atom stereocenters. The van der Waals surface area contributed by atoms with Gasteiger partial charge in [0.05, 0.1) is 11.1 Å². The van der Waals surface area contributed by atoms with Gasteiger partial charge in [0.1, 0.15) is 6.04 Å². The van der Waals surface area contributed by atoms with Crippen LogP contribution in [-0.4, -0.2) is 59.3 Å². The summed E-state index contributed by atoms with van der Waals surface area (Å²) in [5.41, 5.74) is 0.549. The van der Waals surface area contributed by atoms with Crippen LogP contribution in [0.1, 0.15) is 41.0 Å². The van der Waals surface area contributed by atoms with Crippen molar-refractivity contribution in [3.05, 3.63) is 35.4 Å². The van der Waals surface area contributed by atoms with Gasteiger partial charge in [0.25, 0.3) is 17.7 Å². The number of esters is 1. The number of amides is 3. The van der Waals surface area contributed by atoms with Crippen molar-refractivity contribution in [3.63, 3.8) is 0 Å². The molecule has 26 heavy (non-hydrogen) atoms. The third-order valence-electron chi connectivity index (χ3n) is 4.02. The van der Waals surface area contributed by atoms with E-state index in [1.54, 1.807) is 31.2 Å². The fourth-order valence-corrected chi connectivity index (χ4v) is 3.16. The normalized spacial score (nSPS) is 15.4. The highest BCUT2D eigenvalue weighted by molar-refractivity contribution is 7.98. The molecule has 0 aliphatic carbocycles. The van der Waals surface area contributed by atoms with Crippen LogP contribution in [0.15, 0.2) is 24.3 Å². The fourth-order valence-electron chi connectivity index (χ4n) is 2.70. The summed E-state index contributed by atoms with van der Waals surface area (Å²) in [5, 5.41) is 2.57. The maximum Gasteiger partial charge on any atom is 0.330 e. The lowest BCUT2D eigenvalue weighted by molar-refractivity contribution is -0.158. The van der Waals surface area contributed by atoms with Crippen molar-refractivity contribution in [2.24, 2.45) is 0 Å². The van der Waals surface area contributed by atoms with E-state index >= 15 is 0 Å². The Bertz CT molecular complexity index is 686. The maximum absolute atomic E-state index is 12.6. The van der Waals surface area contributed by atoms with E-state index in [1.807, 2.05) is 6.26 Å². The van der Waals surface area contributed by atoms with Gasteiger partial charge in [-0.1, -0.05) is 12.1 Å². The van der Waals surface area contributed by atoms with Crippen LogP contribution in [0.4, 0.5) is 0 Å². The number of hydrogen-bond donors (Lipinski definition) is 1. The molecule has 1 N–H and O–H groups in total. The quantitative estimate of drug-likeness (QED) is 0.544. The number of carbonyl (C=O) groups excluding carboxylic acids is 4. The van der Waals surface area contributed by atoms with Gasteiger partial charge in [0.2, 0.25) is 0 Å². The molecule has 0 aromatic heterocycles. The Morgan fingerprint density at radius 1 is 1.19 bits per heavy atom. The molecule has 0 unspecified atom stereocenters. The summed E-state index contributed by atoms with van der Waals surface area (Å²) in [4.78, 5) is 50.7. The number of rotatable bonds is 8. The number of likely N-dealkylation sites (N-methyl/N-ethyl adjacent to an activating group) is 1. The van der Waals surface area contributed by atoms with Gasteiger partial charge in [0.15, 0.2) is 6.10 Å². The number of fused-ring (bicyclic) bond motifs is 1. The monoisotopic (exact) mass is 378 g/mol. The second kappa shape index (κ2) is 8.84. The van der Waals surface area contributed by atoms with E-state index in [0.29, 0.717) is 12.3 Å². The van der Waals surface area contributed by atoms with Crippen LogP contribution in [0.25, 0.3) is 0 Å². The number of hydrogen-bond acceptors (Lipinski definition) is 6. The third-order valence-corrected chi connectivity index (χ3v) is 4.66. The van der Waals surface area contributed by atoms with Gasteiger partial charge in [0, 0.05) is 6.54 Å². The number of nitrogens with zero attached hydrogens (tertiary/aromatic N) is 1. The molecule has 0 fully saturated rings. The molecule has 0 spiro atoms. The predicted octanol–water partition coefficient (Wildman–Crippen LogP) is 1.47. The summed E-state index contributed by atoms with van der Waals surface area (Å²) in [6, 6.07) is 5.39. The molecule has 0 bridgehead atoms. The topological polar surface area (TPSA) is 92.8 Å². The van der Waals surface area contributed by atoms with Crippen LogP contribution < -0.4 is 5.32 Å². The summed E-state index contributed by atoms with van der Waals surface area (Å²) in [6.45, 7) is 3.62. The molecular weight excluding hydrogens is 356 g/mol. The zero-order valence-electron chi connectivity index (χ0n) is 15.0. The molecule has 1 aliphatic heterocycles. The first-order valence-electron chi connectivity index (χ1n) is 8.36. The summed E-state index contributed by atoms with van der Waals surface area (Å²) >= 11 is 1.49. The largest absolute Gasteiger partial charge is 0.451 e. The third kappa shape index (κ3) is 4.07. The maximum atomic E-state index is 12.6. The second-order valence-corrected chi connectivity index (χ2v) is 6.78. The van der Waals surface area contributed by atoms with E-state index < -0.39 is 35.8 Å². The zero-order chi connectivity index (χ0) is 19.3. The number of benzene rings is 1.